The van der Waals surface area contributed by atoms with Gasteiger partial charge in [-0.15, -0.1) is 0 Å². The van der Waals surface area contributed by atoms with E-state index in [1.165, 1.54) is 0 Å². The Morgan fingerprint density at radius 2 is 2.25 bits per heavy atom. The van der Waals surface area contributed by atoms with Gasteiger partial charge in [-0.1, -0.05) is 15.9 Å². The SMILES string of the molecule is CC(CC(=O)O)NC(=O)C1=Cc2cc(Br)ccc2OC1. The van der Waals surface area contributed by atoms with Crippen LogP contribution in [0.3, 0.4) is 0 Å². The van der Waals surface area contributed by atoms with Crippen LogP contribution in [0.2, 0.25) is 0 Å². The van der Waals surface area contributed by atoms with Crippen molar-refractivity contribution in [1.82, 2.24) is 5.32 Å². The molecule has 1 aliphatic heterocycles. The first-order valence-corrected chi connectivity index (χ1v) is 6.90. The van der Waals surface area contributed by atoms with Crippen LogP contribution in [-0.2, 0) is 9.59 Å². The highest BCUT2D eigenvalue weighted by Crippen LogP contribution is 2.29. The number of fused-ring (bicyclic) bond motifs is 1. The highest BCUT2D eigenvalue weighted by atomic mass is 79.9. The number of halogens is 1. The van der Waals surface area contributed by atoms with Crippen LogP contribution in [0.1, 0.15) is 18.9 Å². The lowest BCUT2D eigenvalue weighted by Gasteiger charge is -2.19. The predicted octanol–water partition coefficient (Wildman–Crippen LogP) is 2.20. The maximum atomic E-state index is 12.0. The van der Waals surface area contributed by atoms with Gasteiger partial charge in [-0.2, -0.15) is 0 Å². The molecular weight excluding hydrogens is 326 g/mol. The summed E-state index contributed by atoms with van der Waals surface area (Å²) in [5, 5.41) is 11.3. The van der Waals surface area contributed by atoms with Gasteiger partial charge in [0.15, 0.2) is 0 Å². The molecule has 0 aromatic heterocycles. The molecule has 0 aliphatic carbocycles. The van der Waals surface area contributed by atoms with Crippen LogP contribution < -0.4 is 10.1 Å². The van der Waals surface area contributed by atoms with Crippen molar-refractivity contribution in [1.29, 1.82) is 0 Å². The van der Waals surface area contributed by atoms with Gasteiger partial charge in [-0.05, 0) is 31.2 Å². The summed E-state index contributed by atoms with van der Waals surface area (Å²) >= 11 is 3.36. The fourth-order valence-electron chi connectivity index (χ4n) is 1.91. The Bertz CT molecular complexity index is 583. The van der Waals surface area contributed by atoms with E-state index in [4.69, 9.17) is 9.84 Å². The van der Waals surface area contributed by atoms with Crippen molar-refractivity contribution in [2.45, 2.75) is 19.4 Å². The third-order valence-electron chi connectivity index (χ3n) is 2.83. The number of nitrogens with one attached hydrogen (secondary N) is 1. The highest BCUT2D eigenvalue weighted by molar-refractivity contribution is 9.10. The van der Waals surface area contributed by atoms with Gasteiger partial charge in [0.1, 0.15) is 12.4 Å². The number of hydrogen-bond acceptors (Lipinski definition) is 3. The van der Waals surface area contributed by atoms with E-state index < -0.39 is 12.0 Å². The summed E-state index contributed by atoms with van der Waals surface area (Å²) in [4.78, 5) is 22.6. The number of carbonyl (C=O) groups is 2. The van der Waals surface area contributed by atoms with E-state index in [-0.39, 0.29) is 18.9 Å². The lowest BCUT2D eigenvalue weighted by atomic mass is 10.1. The lowest BCUT2D eigenvalue weighted by molar-refractivity contribution is -0.137. The summed E-state index contributed by atoms with van der Waals surface area (Å²) in [5.74, 6) is -0.520. The third kappa shape index (κ3) is 3.60. The van der Waals surface area contributed by atoms with Crippen LogP contribution >= 0.6 is 15.9 Å². The summed E-state index contributed by atoms with van der Waals surface area (Å²) in [6.45, 7) is 1.83. The Hall–Kier alpha value is -1.82. The smallest absolute Gasteiger partial charge is 0.305 e. The predicted molar refractivity (Wildman–Crippen MR) is 77.5 cm³/mol. The summed E-state index contributed by atoms with van der Waals surface area (Å²) in [5.41, 5.74) is 1.30. The van der Waals surface area contributed by atoms with Gasteiger partial charge in [0, 0.05) is 16.1 Å². The molecule has 1 aromatic rings. The van der Waals surface area contributed by atoms with Crippen molar-refractivity contribution >= 4 is 33.9 Å². The van der Waals surface area contributed by atoms with Gasteiger partial charge in [0.05, 0.1) is 12.0 Å². The number of aliphatic carboxylic acids is 1. The first-order valence-electron chi connectivity index (χ1n) is 6.11. The summed E-state index contributed by atoms with van der Waals surface area (Å²) in [6.07, 6.45) is 1.65. The molecule has 0 radical (unpaired) electrons. The molecule has 0 saturated heterocycles. The molecule has 0 fully saturated rings. The maximum absolute atomic E-state index is 12.0. The molecule has 1 heterocycles. The molecule has 0 spiro atoms. The number of benzene rings is 1. The molecule has 5 nitrogen and oxygen atoms in total. The zero-order chi connectivity index (χ0) is 14.7. The minimum Gasteiger partial charge on any atom is -0.488 e. The number of carboxylic acid groups (broad SMARTS) is 1. The molecule has 1 amide bonds. The van der Waals surface area contributed by atoms with Crippen LogP contribution in [-0.4, -0.2) is 29.6 Å². The normalized spacial score (nSPS) is 14.6. The van der Waals surface area contributed by atoms with Gasteiger partial charge in [-0.25, -0.2) is 0 Å². The van der Waals surface area contributed by atoms with Gasteiger partial charge >= 0.3 is 5.97 Å². The standard InChI is InChI=1S/C14H14BrNO4/c1-8(4-13(17)18)16-14(19)10-5-9-6-11(15)2-3-12(9)20-7-10/h2-3,5-6,8H,4,7H2,1H3,(H,16,19)(H,17,18). The molecule has 20 heavy (non-hydrogen) atoms. The van der Waals surface area contributed by atoms with Crippen molar-refractivity contribution in [2.75, 3.05) is 6.61 Å². The second kappa shape index (κ2) is 6.09. The van der Waals surface area contributed by atoms with Crippen LogP contribution in [0.4, 0.5) is 0 Å². The fraction of sp³-hybridized carbons (Fsp3) is 0.286. The van der Waals surface area contributed by atoms with E-state index >= 15 is 0 Å². The van der Waals surface area contributed by atoms with Crippen LogP contribution in [0.15, 0.2) is 28.2 Å². The van der Waals surface area contributed by atoms with Crippen LogP contribution in [0, 0.1) is 0 Å². The summed E-state index contributed by atoms with van der Waals surface area (Å²) in [7, 11) is 0. The van der Waals surface area contributed by atoms with E-state index in [1.807, 2.05) is 18.2 Å². The topological polar surface area (TPSA) is 75.6 Å². The highest BCUT2D eigenvalue weighted by Gasteiger charge is 2.19. The molecule has 106 valence electrons. The Kier molecular flexibility index (Phi) is 4.44. The van der Waals surface area contributed by atoms with Crippen LogP contribution in [0.5, 0.6) is 5.75 Å². The molecular formula is C14H14BrNO4. The van der Waals surface area contributed by atoms with Crippen molar-refractivity contribution < 1.29 is 19.4 Å². The van der Waals surface area contributed by atoms with Crippen LogP contribution in [0.25, 0.3) is 6.08 Å². The first-order chi connectivity index (χ1) is 9.45. The largest absolute Gasteiger partial charge is 0.488 e. The lowest BCUT2D eigenvalue weighted by Crippen LogP contribution is -2.36. The molecule has 1 aliphatic rings. The van der Waals surface area contributed by atoms with E-state index in [1.54, 1.807) is 13.0 Å². The molecule has 6 heteroatoms. The number of ether oxygens (including phenoxy) is 1. The molecule has 0 saturated carbocycles. The van der Waals surface area contributed by atoms with Crippen molar-refractivity contribution in [3.05, 3.63) is 33.8 Å². The van der Waals surface area contributed by atoms with E-state index in [0.29, 0.717) is 5.57 Å². The molecule has 2 N–H and O–H groups in total. The summed E-state index contributed by atoms with van der Waals surface area (Å²) in [6, 6.07) is 5.14. The second-order valence-corrected chi connectivity index (χ2v) is 5.53. The van der Waals surface area contributed by atoms with Gasteiger partial charge < -0.3 is 15.2 Å². The van der Waals surface area contributed by atoms with Crippen molar-refractivity contribution in [2.24, 2.45) is 0 Å². The van der Waals surface area contributed by atoms with Crippen molar-refractivity contribution in [3.8, 4) is 5.75 Å². The van der Waals surface area contributed by atoms with Crippen molar-refractivity contribution in [3.63, 3.8) is 0 Å². The number of hydrogen-bond donors (Lipinski definition) is 2. The average Bonchev–Trinajstić information content (AvgIpc) is 2.36. The fourth-order valence-corrected chi connectivity index (χ4v) is 2.29. The van der Waals surface area contributed by atoms with Gasteiger partial charge in [0.25, 0.3) is 5.91 Å². The van der Waals surface area contributed by atoms with Gasteiger partial charge in [-0.3, -0.25) is 9.59 Å². The number of amides is 1. The molecule has 0 bridgehead atoms. The number of carboxylic acids is 1. The Balaban J connectivity index is 2.10. The van der Waals surface area contributed by atoms with E-state index in [0.717, 1.165) is 15.8 Å². The Morgan fingerprint density at radius 1 is 1.50 bits per heavy atom. The zero-order valence-corrected chi connectivity index (χ0v) is 12.4. The van der Waals surface area contributed by atoms with E-state index in [2.05, 4.69) is 21.2 Å². The molecule has 2 rings (SSSR count). The van der Waals surface area contributed by atoms with E-state index in [9.17, 15) is 9.59 Å². The van der Waals surface area contributed by atoms with Gasteiger partial charge in [0.2, 0.25) is 0 Å². The monoisotopic (exact) mass is 339 g/mol. The molecule has 1 aromatic carbocycles. The maximum Gasteiger partial charge on any atom is 0.305 e. The Labute approximate surface area is 124 Å². The zero-order valence-electron chi connectivity index (χ0n) is 10.9. The quantitative estimate of drug-likeness (QED) is 0.881. The first kappa shape index (κ1) is 14.6. The molecule has 1 atom stereocenters. The third-order valence-corrected chi connectivity index (χ3v) is 3.33. The summed E-state index contributed by atoms with van der Waals surface area (Å²) < 4.78 is 6.41. The minimum absolute atomic E-state index is 0.109. The average molecular weight is 340 g/mol. The molecule has 1 unspecified atom stereocenters. The Morgan fingerprint density at radius 3 is 2.95 bits per heavy atom. The minimum atomic E-state index is -0.944. The second-order valence-electron chi connectivity index (χ2n) is 4.61. The number of carbonyl (C=O) groups excluding carboxylic acids is 1. The number of rotatable bonds is 4.